The van der Waals surface area contributed by atoms with Gasteiger partial charge in [0.25, 0.3) is 0 Å². The average molecular weight is 448 g/mol. The van der Waals surface area contributed by atoms with Crippen molar-refractivity contribution in [3.8, 4) is 11.1 Å². The van der Waals surface area contributed by atoms with Gasteiger partial charge in [0, 0.05) is 35.6 Å². The van der Waals surface area contributed by atoms with E-state index in [2.05, 4.69) is 31.3 Å². The number of hydrogen-bond donors (Lipinski definition) is 3. The molecule has 32 heavy (non-hydrogen) atoms. The van der Waals surface area contributed by atoms with Crippen molar-refractivity contribution < 1.29 is 8.42 Å². The van der Waals surface area contributed by atoms with Gasteiger partial charge in [-0.25, -0.2) is 13.1 Å². The molecule has 1 aliphatic rings. The van der Waals surface area contributed by atoms with Crippen molar-refractivity contribution in [2.45, 2.75) is 31.1 Å². The van der Waals surface area contributed by atoms with E-state index in [9.17, 15) is 8.42 Å². The Hall–Kier alpha value is -3.23. The second-order valence-electron chi connectivity index (χ2n) is 8.24. The van der Waals surface area contributed by atoms with E-state index in [4.69, 9.17) is 0 Å². The lowest BCUT2D eigenvalue weighted by atomic mass is 10.0. The van der Waals surface area contributed by atoms with Crippen molar-refractivity contribution >= 4 is 26.6 Å². The van der Waals surface area contributed by atoms with Crippen molar-refractivity contribution in [2.75, 3.05) is 11.9 Å². The van der Waals surface area contributed by atoms with Crippen molar-refractivity contribution in [1.29, 1.82) is 0 Å². The number of nitrogens with one attached hydrogen (secondary N) is 3. The summed E-state index contributed by atoms with van der Waals surface area (Å²) in [5, 5.41) is 11.6. The molecule has 1 atom stereocenters. The minimum absolute atomic E-state index is 0.222. The summed E-state index contributed by atoms with van der Waals surface area (Å²) in [5.74, 6) is 0. The number of aromatic amines is 1. The summed E-state index contributed by atoms with van der Waals surface area (Å²) < 4.78 is 27.5. The van der Waals surface area contributed by atoms with Crippen molar-refractivity contribution in [2.24, 2.45) is 0 Å². The average Bonchev–Trinajstić information content (AvgIpc) is 3.62. The molecule has 164 valence electrons. The van der Waals surface area contributed by atoms with Crippen LogP contribution in [0.25, 0.3) is 22.0 Å². The Morgan fingerprint density at radius 2 is 1.88 bits per heavy atom. The van der Waals surface area contributed by atoms with E-state index in [0.717, 1.165) is 51.8 Å². The maximum atomic E-state index is 12.4. The minimum Gasteiger partial charge on any atom is -0.376 e. The quantitative estimate of drug-likeness (QED) is 0.376. The van der Waals surface area contributed by atoms with Crippen LogP contribution in [0.4, 0.5) is 5.69 Å². The van der Waals surface area contributed by atoms with E-state index in [1.165, 1.54) is 0 Å². The lowest BCUT2D eigenvalue weighted by Crippen LogP contribution is -2.33. The Bertz CT molecular complexity index is 1350. The first kappa shape index (κ1) is 20.7. The molecule has 0 amide bonds. The van der Waals surface area contributed by atoms with Gasteiger partial charge in [-0.15, -0.1) is 0 Å². The molecule has 0 radical (unpaired) electrons. The van der Waals surface area contributed by atoms with Crippen LogP contribution in [-0.4, -0.2) is 35.4 Å². The molecule has 5 rings (SSSR count). The number of pyridine rings is 1. The van der Waals surface area contributed by atoms with Crippen molar-refractivity contribution in [1.82, 2.24) is 19.9 Å². The molecule has 0 unspecified atom stereocenters. The monoisotopic (exact) mass is 447 g/mol. The molecule has 0 aliphatic heterocycles. The van der Waals surface area contributed by atoms with Gasteiger partial charge >= 0.3 is 0 Å². The lowest BCUT2D eigenvalue weighted by molar-refractivity contribution is 0.574. The van der Waals surface area contributed by atoms with Gasteiger partial charge in [-0.3, -0.25) is 10.1 Å². The summed E-state index contributed by atoms with van der Waals surface area (Å²) in [4.78, 5) is 4.42. The molecule has 7 nitrogen and oxygen atoms in total. The Morgan fingerprint density at radius 3 is 2.66 bits per heavy atom. The topological polar surface area (TPSA) is 99.8 Å². The molecule has 2 heterocycles. The SMILES string of the molecule is Cc1[nH]nc2ccc(-c3cncc(N[C@@H](CNS(=O)(=O)C4CC4)c4ccccc4)c3)cc12. The fourth-order valence-corrected chi connectivity index (χ4v) is 5.22. The zero-order chi connectivity index (χ0) is 22.1. The molecule has 3 N–H and O–H groups in total. The molecular weight excluding hydrogens is 422 g/mol. The second kappa shape index (κ2) is 8.37. The normalized spacial score (nSPS) is 15.0. The van der Waals surface area contributed by atoms with Crippen LogP contribution in [0, 0.1) is 6.92 Å². The van der Waals surface area contributed by atoms with Gasteiger partial charge in [0.1, 0.15) is 0 Å². The van der Waals surface area contributed by atoms with Crippen molar-refractivity contribution in [3.63, 3.8) is 0 Å². The Balaban J connectivity index is 1.41. The first-order chi connectivity index (χ1) is 15.5. The van der Waals surface area contributed by atoms with Gasteiger partial charge in [-0.1, -0.05) is 36.4 Å². The summed E-state index contributed by atoms with van der Waals surface area (Å²) in [5.41, 5.74) is 5.81. The summed E-state index contributed by atoms with van der Waals surface area (Å²) in [6.45, 7) is 2.27. The molecule has 1 aliphatic carbocycles. The van der Waals surface area contributed by atoms with Crippen LogP contribution in [0.5, 0.6) is 0 Å². The van der Waals surface area contributed by atoms with E-state index in [1.807, 2.05) is 61.7 Å². The number of nitrogens with zero attached hydrogens (tertiary/aromatic N) is 2. The van der Waals surface area contributed by atoms with E-state index in [0.29, 0.717) is 0 Å². The van der Waals surface area contributed by atoms with Crippen LogP contribution in [0.2, 0.25) is 0 Å². The molecule has 8 heteroatoms. The maximum absolute atomic E-state index is 12.4. The van der Waals surface area contributed by atoms with E-state index < -0.39 is 10.0 Å². The Morgan fingerprint density at radius 1 is 1.06 bits per heavy atom. The largest absolute Gasteiger partial charge is 0.376 e. The van der Waals surface area contributed by atoms with Crippen LogP contribution in [0.1, 0.15) is 30.1 Å². The van der Waals surface area contributed by atoms with E-state index in [-0.39, 0.29) is 17.8 Å². The third kappa shape index (κ3) is 4.37. The van der Waals surface area contributed by atoms with Crippen LogP contribution in [-0.2, 0) is 10.0 Å². The number of aromatic nitrogens is 3. The number of hydrogen-bond acceptors (Lipinski definition) is 5. The van der Waals surface area contributed by atoms with Gasteiger partial charge in [-0.2, -0.15) is 5.10 Å². The zero-order valence-electron chi connectivity index (χ0n) is 17.7. The first-order valence-corrected chi connectivity index (χ1v) is 12.2. The Kier molecular flexibility index (Phi) is 5.40. The van der Waals surface area contributed by atoms with Gasteiger partial charge in [0.2, 0.25) is 10.0 Å². The van der Waals surface area contributed by atoms with E-state index >= 15 is 0 Å². The lowest BCUT2D eigenvalue weighted by Gasteiger charge is -2.21. The number of fused-ring (bicyclic) bond motifs is 1. The van der Waals surface area contributed by atoms with Gasteiger partial charge < -0.3 is 5.32 Å². The highest BCUT2D eigenvalue weighted by Crippen LogP contribution is 2.29. The number of anilines is 1. The molecular formula is C24H25N5O2S. The molecule has 2 aromatic heterocycles. The highest BCUT2D eigenvalue weighted by molar-refractivity contribution is 7.90. The molecule has 4 aromatic rings. The number of H-pyrrole nitrogens is 1. The number of sulfonamides is 1. The van der Waals surface area contributed by atoms with Crippen LogP contribution >= 0.6 is 0 Å². The predicted molar refractivity (Wildman–Crippen MR) is 127 cm³/mol. The molecule has 1 saturated carbocycles. The molecule has 0 saturated heterocycles. The van der Waals surface area contributed by atoms with Crippen LogP contribution in [0.15, 0.2) is 67.0 Å². The summed E-state index contributed by atoms with van der Waals surface area (Å²) >= 11 is 0. The smallest absolute Gasteiger partial charge is 0.214 e. The maximum Gasteiger partial charge on any atom is 0.214 e. The number of benzene rings is 2. The fraction of sp³-hybridized carbons (Fsp3) is 0.250. The number of aryl methyl sites for hydroxylation is 1. The van der Waals surface area contributed by atoms with Crippen LogP contribution in [0.3, 0.4) is 0 Å². The molecule has 1 fully saturated rings. The predicted octanol–water partition coefficient (Wildman–Crippen LogP) is 4.17. The van der Waals surface area contributed by atoms with Gasteiger partial charge in [-0.05, 0) is 49.1 Å². The molecule has 0 bridgehead atoms. The first-order valence-electron chi connectivity index (χ1n) is 10.7. The second-order valence-corrected chi connectivity index (χ2v) is 10.3. The fourth-order valence-electron chi connectivity index (χ4n) is 3.83. The third-order valence-electron chi connectivity index (χ3n) is 5.81. The van der Waals surface area contributed by atoms with Gasteiger partial charge in [0.05, 0.1) is 22.5 Å². The molecule has 2 aromatic carbocycles. The summed E-state index contributed by atoms with van der Waals surface area (Å²) in [6, 6.07) is 17.8. The van der Waals surface area contributed by atoms with E-state index in [1.54, 1.807) is 6.20 Å². The minimum atomic E-state index is -3.27. The third-order valence-corrected chi connectivity index (χ3v) is 7.73. The summed E-state index contributed by atoms with van der Waals surface area (Å²) in [6.07, 6.45) is 5.07. The summed E-state index contributed by atoms with van der Waals surface area (Å²) in [7, 11) is -3.27. The standard InChI is InChI=1S/C24H25N5O2S/c1-16-22-12-18(7-10-23(22)29-28-16)19-11-20(14-25-13-19)27-24(17-5-3-2-4-6-17)15-26-32(30,31)21-8-9-21/h2-7,10-14,21,24,26-27H,8-9,15H2,1H3,(H,28,29)/t24-/m0/s1. The highest BCUT2D eigenvalue weighted by Gasteiger charge is 2.35. The number of rotatable bonds is 8. The zero-order valence-corrected chi connectivity index (χ0v) is 18.6. The molecule has 0 spiro atoms. The highest BCUT2D eigenvalue weighted by atomic mass is 32.2. The Labute approximate surface area is 187 Å². The van der Waals surface area contributed by atoms with Crippen LogP contribution < -0.4 is 10.0 Å². The van der Waals surface area contributed by atoms with Crippen molar-refractivity contribution in [3.05, 3.63) is 78.2 Å². The van der Waals surface area contributed by atoms with Gasteiger partial charge in [0.15, 0.2) is 0 Å².